The number of hydrogen-bond donors (Lipinski definition) is 1. The van der Waals surface area contributed by atoms with Crippen molar-refractivity contribution in [2.24, 2.45) is 5.92 Å². The van der Waals surface area contributed by atoms with Crippen LogP contribution in [0.25, 0.3) is 0 Å². The number of halogens is 1. The topological polar surface area (TPSA) is 35.6 Å². The van der Waals surface area contributed by atoms with Gasteiger partial charge in [0.05, 0.1) is 0 Å². The summed E-state index contributed by atoms with van der Waals surface area (Å²) in [6, 6.07) is 5.71. The number of benzene rings is 1. The first-order valence-corrected chi connectivity index (χ1v) is 8.00. The molecule has 0 unspecified atom stereocenters. The second-order valence-electron chi connectivity index (χ2n) is 5.80. The van der Waals surface area contributed by atoms with Gasteiger partial charge in [-0.25, -0.2) is 9.18 Å². The van der Waals surface area contributed by atoms with E-state index in [9.17, 15) is 9.18 Å². The van der Waals surface area contributed by atoms with Crippen LogP contribution in [0.15, 0.2) is 24.3 Å². The van der Waals surface area contributed by atoms with Crippen molar-refractivity contribution < 1.29 is 9.18 Å². The maximum Gasteiger partial charge on any atom is 0.321 e. The van der Waals surface area contributed by atoms with Crippen molar-refractivity contribution in [3.8, 4) is 0 Å². The molecule has 1 aromatic rings. The van der Waals surface area contributed by atoms with Gasteiger partial charge in [0.2, 0.25) is 0 Å². The third kappa shape index (κ3) is 6.43. The molecule has 124 valence electrons. The smallest absolute Gasteiger partial charge is 0.321 e. The summed E-state index contributed by atoms with van der Waals surface area (Å²) < 4.78 is 12.9. The molecule has 1 aromatic carbocycles. The molecule has 0 heterocycles. The Balaban J connectivity index is 2.64. The molecule has 0 aromatic heterocycles. The first-order chi connectivity index (χ1) is 10.5. The second-order valence-corrected chi connectivity index (χ2v) is 5.80. The Morgan fingerprint density at radius 2 is 1.73 bits per heavy atom. The first kappa shape index (κ1) is 18.4. The van der Waals surface area contributed by atoms with E-state index in [2.05, 4.69) is 37.9 Å². The van der Waals surface area contributed by atoms with E-state index < -0.39 is 0 Å². The Kier molecular flexibility index (Phi) is 7.88. The molecular formula is C17H28FN3O. The van der Waals surface area contributed by atoms with Crippen molar-refractivity contribution in [1.82, 2.24) is 9.80 Å². The molecule has 4 nitrogen and oxygen atoms in total. The third-order valence-corrected chi connectivity index (χ3v) is 3.55. The summed E-state index contributed by atoms with van der Waals surface area (Å²) in [4.78, 5) is 16.5. The van der Waals surface area contributed by atoms with Crippen LogP contribution in [0.2, 0.25) is 0 Å². The van der Waals surface area contributed by atoms with Gasteiger partial charge in [-0.15, -0.1) is 0 Å². The standard InChI is InChI=1S/C17H28FN3O/c1-5-20(6-2)11-12-21(13-14(3)4)17(22)19-16-9-7-15(18)8-10-16/h7-10,14H,5-6,11-13H2,1-4H3,(H,19,22). The Morgan fingerprint density at radius 1 is 1.14 bits per heavy atom. The molecule has 5 heteroatoms. The van der Waals surface area contributed by atoms with Crippen LogP contribution in [-0.2, 0) is 0 Å². The molecule has 1 N–H and O–H groups in total. The van der Waals surface area contributed by atoms with E-state index in [0.717, 1.165) is 19.6 Å². The number of carbonyl (C=O) groups is 1. The molecule has 0 saturated carbocycles. The second kappa shape index (κ2) is 9.41. The van der Waals surface area contributed by atoms with Crippen LogP contribution < -0.4 is 5.32 Å². The Morgan fingerprint density at radius 3 is 2.23 bits per heavy atom. The molecule has 0 saturated heterocycles. The molecule has 0 aliphatic heterocycles. The molecule has 0 aliphatic rings. The van der Waals surface area contributed by atoms with Gasteiger partial charge in [0, 0.05) is 25.3 Å². The average Bonchev–Trinajstić information content (AvgIpc) is 2.49. The van der Waals surface area contributed by atoms with E-state index in [-0.39, 0.29) is 11.8 Å². The van der Waals surface area contributed by atoms with Crippen LogP contribution in [0.1, 0.15) is 27.7 Å². The highest BCUT2D eigenvalue weighted by molar-refractivity contribution is 5.89. The Hall–Kier alpha value is -1.62. The molecule has 0 radical (unpaired) electrons. The molecule has 0 spiro atoms. The zero-order chi connectivity index (χ0) is 16.5. The van der Waals surface area contributed by atoms with Gasteiger partial charge in [0.15, 0.2) is 0 Å². The monoisotopic (exact) mass is 309 g/mol. The predicted molar refractivity (Wildman–Crippen MR) is 89.6 cm³/mol. The number of rotatable bonds is 8. The van der Waals surface area contributed by atoms with Crippen molar-refractivity contribution in [2.75, 3.05) is 38.0 Å². The molecule has 2 amide bonds. The van der Waals surface area contributed by atoms with Gasteiger partial charge in [0.25, 0.3) is 0 Å². The van der Waals surface area contributed by atoms with E-state index in [1.54, 1.807) is 12.1 Å². The molecule has 0 bridgehead atoms. The van der Waals surface area contributed by atoms with Gasteiger partial charge < -0.3 is 15.1 Å². The van der Waals surface area contributed by atoms with Crippen LogP contribution in [-0.4, -0.2) is 48.6 Å². The SMILES string of the molecule is CCN(CC)CCN(CC(C)C)C(=O)Nc1ccc(F)cc1. The lowest BCUT2D eigenvalue weighted by atomic mass is 10.2. The fourth-order valence-corrected chi connectivity index (χ4v) is 2.25. The number of nitrogens with one attached hydrogen (secondary N) is 1. The maximum absolute atomic E-state index is 12.9. The Bertz CT molecular complexity index is 444. The van der Waals surface area contributed by atoms with Crippen molar-refractivity contribution in [1.29, 1.82) is 0 Å². The highest BCUT2D eigenvalue weighted by atomic mass is 19.1. The average molecular weight is 309 g/mol. The Labute approximate surface area is 133 Å². The van der Waals surface area contributed by atoms with E-state index in [0.29, 0.717) is 24.7 Å². The number of urea groups is 1. The highest BCUT2D eigenvalue weighted by Gasteiger charge is 2.16. The van der Waals surface area contributed by atoms with Crippen LogP contribution in [0, 0.1) is 11.7 Å². The summed E-state index contributed by atoms with van der Waals surface area (Å²) in [7, 11) is 0. The number of anilines is 1. The van der Waals surface area contributed by atoms with Crippen LogP contribution in [0.4, 0.5) is 14.9 Å². The summed E-state index contributed by atoms with van der Waals surface area (Å²) in [6.45, 7) is 12.6. The number of carbonyl (C=O) groups excluding carboxylic acids is 1. The summed E-state index contributed by atoms with van der Waals surface area (Å²) in [5, 5.41) is 2.84. The van der Waals surface area contributed by atoms with Crippen molar-refractivity contribution >= 4 is 11.7 Å². The zero-order valence-electron chi connectivity index (χ0n) is 14.1. The van der Waals surface area contributed by atoms with Crippen molar-refractivity contribution in [3.63, 3.8) is 0 Å². The van der Waals surface area contributed by atoms with Gasteiger partial charge in [0.1, 0.15) is 5.82 Å². The van der Waals surface area contributed by atoms with Crippen molar-refractivity contribution in [3.05, 3.63) is 30.1 Å². The van der Waals surface area contributed by atoms with Crippen LogP contribution >= 0.6 is 0 Å². The molecule has 0 atom stereocenters. The van der Waals surface area contributed by atoms with E-state index >= 15 is 0 Å². The summed E-state index contributed by atoms with van der Waals surface area (Å²) in [5.74, 6) is 0.0919. The van der Waals surface area contributed by atoms with E-state index in [4.69, 9.17) is 0 Å². The lowest BCUT2D eigenvalue weighted by Gasteiger charge is -2.28. The van der Waals surface area contributed by atoms with Crippen LogP contribution in [0.3, 0.4) is 0 Å². The predicted octanol–water partition coefficient (Wildman–Crippen LogP) is 3.66. The first-order valence-electron chi connectivity index (χ1n) is 8.00. The zero-order valence-corrected chi connectivity index (χ0v) is 14.1. The minimum Gasteiger partial charge on any atom is -0.323 e. The summed E-state index contributed by atoms with van der Waals surface area (Å²) >= 11 is 0. The largest absolute Gasteiger partial charge is 0.323 e. The number of likely N-dealkylation sites (N-methyl/N-ethyl adjacent to an activating group) is 1. The third-order valence-electron chi connectivity index (χ3n) is 3.55. The minimum atomic E-state index is -0.307. The molecule has 0 fully saturated rings. The highest BCUT2D eigenvalue weighted by Crippen LogP contribution is 2.10. The molecular weight excluding hydrogens is 281 g/mol. The quantitative estimate of drug-likeness (QED) is 0.795. The summed E-state index contributed by atoms with van der Waals surface area (Å²) in [5.41, 5.74) is 0.614. The maximum atomic E-state index is 12.9. The van der Waals surface area contributed by atoms with Gasteiger partial charge >= 0.3 is 6.03 Å². The van der Waals surface area contributed by atoms with Gasteiger partial charge in [-0.3, -0.25) is 0 Å². The molecule has 1 rings (SSSR count). The fourth-order valence-electron chi connectivity index (χ4n) is 2.25. The van der Waals surface area contributed by atoms with E-state index in [1.807, 2.05) is 4.90 Å². The minimum absolute atomic E-state index is 0.132. The normalized spacial score (nSPS) is 11.0. The van der Waals surface area contributed by atoms with Gasteiger partial charge in [-0.1, -0.05) is 27.7 Å². The molecule has 22 heavy (non-hydrogen) atoms. The van der Waals surface area contributed by atoms with Crippen LogP contribution in [0.5, 0.6) is 0 Å². The number of nitrogens with zero attached hydrogens (tertiary/aromatic N) is 2. The lowest BCUT2D eigenvalue weighted by Crippen LogP contribution is -2.42. The van der Waals surface area contributed by atoms with Crippen molar-refractivity contribution in [2.45, 2.75) is 27.7 Å². The molecule has 0 aliphatic carbocycles. The number of hydrogen-bond acceptors (Lipinski definition) is 2. The number of amides is 2. The van der Waals surface area contributed by atoms with E-state index in [1.165, 1.54) is 12.1 Å². The summed E-state index contributed by atoms with van der Waals surface area (Å²) in [6.07, 6.45) is 0. The lowest BCUT2D eigenvalue weighted by molar-refractivity contribution is 0.189. The van der Waals surface area contributed by atoms with Gasteiger partial charge in [-0.05, 0) is 43.3 Å². The van der Waals surface area contributed by atoms with Gasteiger partial charge in [-0.2, -0.15) is 0 Å². The fraction of sp³-hybridized carbons (Fsp3) is 0.588.